The highest BCUT2D eigenvalue weighted by atomic mass is 32.2. The molecule has 0 radical (unpaired) electrons. The van der Waals surface area contributed by atoms with Crippen molar-refractivity contribution >= 4 is 29.5 Å². The normalized spacial score (nSPS) is 21.8. The van der Waals surface area contributed by atoms with Gasteiger partial charge in [0, 0.05) is 28.9 Å². The van der Waals surface area contributed by atoms with Crippen LogP contribution in [0, 0.1) is 10.8 Å². The second kappa shape index (κ2) is 13.9. The van der Waals surface area contributed by atoms with Crippen molar-refractivity contribution in [3.8, 4) is 0 Å². The van der Waals surface area contributed by atoms with Gasteiger partial charge in [0.15, 0.2) is 0 Å². The monoisotopic (exact) mass is 618 g/mol. The van der Waals surface area contributed by atoms with Gasteiger partial charge in [-0.1, -0.05) is 71.9 Å². The van der Waals surface area contributed by atoms with Crippen LogP contribution in [0.25, 0.3) is 0 Å². The number of thioether (sulfide) groups is 1. The van der Waals surface area contributed by atoms with E-state index in [0.717, 1.165) is 18.7 Å². The lowest BCUT2D eigenvalue weighted by atomic mass is 9.81. The summed E-state index contributed by atoms with van der Waals surface area (Å²) in [7, 11) is 0. The second-order valence-corrected chi connectivity index (χ2v) is 18.2. The fourth-order valence-electron chi connectivity index (χ4n) is 6.73. The van der Waals surface area contributed by atoms with Crippen molar-refractivity contribution in [1.82, 2.24) is 20.9 Å². The van der Waals surface area contributed by atoms with Crippen molar-refractivity contribution in [1.29, 1.82) is 0 Å². The molecule has 0 saturated carbocycles. The first-order valence-electron chi connectivity index (χ1n) is 15.5. The Hall–Kier alpha value is -2.10. The van der Waals surface area contributed by atoms with Gasteiger partial charge in [0.05, 0.1) is 6.42 Å². The molecule has 2 fully saturated rings. The third-order valence-electron chi connectivity index (χ3n) is 7.48. The summed E-state index contributed by atoms with van der Waals surface area (Å²) in [5.74, 6) is -1.55. The fourth-order valence-corrected chi connectivity index (χ4v) is 8.35. The quantitative estimate of drug-likeness (QED) is 0.193. The van der Waals surface area contributed by atoms with Crippen molar-refractivity contribution in [3.63, 3.8) is 0 Å². The summed E-state index contributed by atoms with van der Waals surface area (Å²) in [6, 6.07) is 7.78. The summed E-state index contributed by atoms with van der Waals surface area (Å²) in [4.78, 5) is 37.2. The van der Waals surface area contributed by atoms with Crippen LogP contribution in [0.1, 0.15) is 101 Å². The highest BCUT2D eigenvalue weighted by Gasteiger charge is 2.64. The van der Waals surface area contributed by atoms with Gasteiger partial charge < -0.3 is 26.0 Å². The summed E-state index contributed by atoms with van der Waals surface area (Å²) in [5, 5.41) is 19.2. The van der Waals surface area contributed by atoms with Gasteiger partial charge in [0.1, 0.15) is 17.5 Å². The number of carbonyl (C=O) groups excluding carboxylic acids is 2. The largest absolute Gasteiger partial charge is 0.480 e. The van der Waals surface area contributed by atoms with E-state index in [1.54, 1.807) is 0 Å². The van der Waals surface area contributed by atoms with Crippen molar-refractivity contribution in [2.45, 2.75) is 136 Å². The minimum absolute atomic E-state index is 0.202. The molecule has 2 aliphatic rings. The zero-order valence-electron chi connectivity index (χ0n) is 28.7. The number of fused-ring (bicyclic) bond motifs is 1. The Kier molecular flexibility index (Phi) is 12.0. The van der Waals surface area contributed by atoms with E-state index >= 15 is 0 Å². The van der Waals surface area contributed by atoms with Crippen LogP contribution in [0.5, 0.6) is 0 Å². The van der Waals surface area contributed by atoms with Crippen LogP contribution in [0.3, 0.4) is 0 Å². The molecule has 0 spiro atoms. The molecule has 9 heteroatoms. The number of hydrogen-bond acceptors (Lipinski definition) is 6. The average Bonchev–Trinajstić information content (AvgIpc) is 3.06. The molecular weight excluding hydrogens is 560 g/mol. The minimum Gasteiger partial charge on any atom is -0.480 e. The zero-order valence-corrected chi connectivity index (χ0v) is 29.5. The maximum absolute atomic E-state index is 12.3. The van der Waals surface area contributed by atoms with E-state index in [1.165, 1.54) is 29.5 Å². The lowest BCUT2D eigenvalue weighted by Crippen LogP contribution is -2.70. The minimum atomic E-state index is -1.01. The van der Waals surface area contributed by atoms with Crippen molar-refractivity contribution in [2.24, 2.45) is 10.8 Å². The lowest BCUT2D eigenvalue weighted by molar-refractivity contribution is -0.161. The van der Waals surface area contributed by atoms with Gasteiger partial charge in [-0.3, -0.25) is 9.59 Å². The van der Waals surface area contributed by atoms with Crippen LogP contribution in [-0.4, -0.2) is 74.2 Å². The summed E-state index contributed by atoms with van der Waals surface area (Å²) < 4.78 is -0.578. The molecular formula is C34H58N4O4S. The molecule has 2 aliphatic heterocycles. The molecule has 43 heavy (non-hydrogen) atoms. The Morgan fingerprint density at radius 1 is 0.860 bits per heavy atom. The smallest absolute Gasteiger partial charge is 0.327 e. The number of nitrogens with one attached hydrogen (secondary N) is 3. The van der Waals surface area contributed by atoms with E-state index in [9.17, 15) is 19.5 Å². The van der Waals surface area contributed by atoms with Gasteiger partial charge >= 0.3 is 5.97 Å². The molecule has 4 N–H and O–H groups in total. The molecule has 0 bridgehead atoms. The van der Waals surface area contributed by atoms with Gasteiger partial charge in [0.25, 0.3) is 0 Å². The van der Waals surface area contributed by atoms with Gasteiger partial charge in [0.2, 0.25) is 11.8 Å². The number of carbonyl (C=O) groups is 3. The van der Waals surface area contributed by atoms with E-state index in [-0.39, 0.29) is 34.7 Å². The molecule has 3 atom stereocenters. The number of nitrogens with zero attached hydrogens (tertiary/aromatic N) is 1. The van der Waals surface area contributed by atoms with Gasteiger partial charge in [-0.15, -0.1) is 11.8 Å². The van der Waals surface area contributed by atoms with E-state index in [2.05, 4.69) is 85.2 Å². The van der Waals surface area contributed by atoms with Crippen LogP contribution in [-0.2, 0) is 20.8 Å². The number of carboxylic acid groups (broad SMARTS) is 1. The third kappa shape index (κ3) is 11.7. The number of hydrogen-bond donors (Lipinski definition) is 4. The molecule has 3 rings (SSSR count). The zero-order chi connectivity index (χ0) is 33.0. The van der Waals surface area contributed by atoms with Crippen LogP contribution in [0.15, 0.2) is 30.3 Å². The molecule has 2 heterocycles. The standard InChI is InChI=1S/C18H40N2.C16H18N2O4S/c1-15(2,3)13-17(7,8)19-11-12-20-18(9,10)14-16(4,5)6;1-16(2)12(15(21)22)18-13(20)11(14(18)23-16)17-10(19)8-9-6-4-3-5-7-9/h19-20H,11-14H2,1-10H3;3-7,11-12,14H,8H2,1-2H3,(H,17,19)(H,21,22). The van der Waals surface area contributed by atoms with E-state index in [0.29, 0.717) is 10.8 Å². The number of rotatable bonds is 11. The molecule has 1 aromatic rings. The summed E-state index contributed by atoms with van der Waals surface area (Å²) in [6.07, 6.45) is 2.57. The maximum Gasteiger partial charge on any atom is 0.327 e. The highest BCUT2D eigenvalue weighted by Crippen LogP contribution is 2.50. The Bertz CT molecular complexity index is 1080. The Morgan fingerprint density at radius 2 is 1.33 bits per heavy atom. The van der Waals surface area contributed by atoms with Gasteiger partial charge in [-0.25, -0.2) is 4.79 Å². The van der Waals surface area contributed by atoms with Gasteiger partial charge in [-0.2, -0.15) is 0 Å². The van der Waals surface area contributed by atoms with Crippen molar-refractivity contribution < 1.29 is 19.5 Å². The Morgan fingerprint density at radius 3 is 1.74 bits per heavy atom. The topological polar surface area (TPSA) is 111 Å². The highest BCUT2D eigenvalue weighted by molar-refractivity contribution is 8.01. The first kappa shape index (κ1) is 37.1. The first-order valence-corrected chi connectivity index (χ1v) is 16.4. The SMILES string of the molecule is CC(C)(C)CC(C)(C)NCCNC(C)(C)CC(C)(C)C.CC1(C)SC2C(NC(=O)Cc3ccccc3)C(=O)N2C1C(=O)O. The predicted molar refractivity (Wildman–Crippen MR) is 178 cm³/mol. The predicted octanol–water partition coefficient (Wildman–Crippen LogP) is 5.46. The molecule has 0 aromatic heterocycles. The lowest BCUT2D eigenvalue weighted by Gasteiger charge is -2.43. The number of benzene rings is 1. The summed E-state index contributed by atoms with van der Waals surface area (Å²) in [6.45, 7) is 28.7. The second-order valence-electron chi connectivity index (χ2n) is 16.4. The number of aliphatic carboxylic acids is 1. The Balaban J connectivity index is 0.000000304. The average molecular weight is 619 g/mol. The molecule has 0 aliphatic carbocycles. The molecule has 8 nitrogen and oxygen atoms in total. The Labute approximate surface area is 264 Å². The molecule has 1 aromatic carbocycles. The van der Waals surface area contributed by atoms with E-state index < -0.39 is 22.8 Å². The van der Waals surface area contributed by atoms with Crippen LogP contribution in [0.2, 0.25) is 0 Å². The maximum atomic E-state index is 12.3. The summed E-state index contributed by atoms with van der Waals surface area (Å²) >= 11 is 1.42. The van der Waals surface area contributed by atoms with Gasteiger partial charge in [-0.05, 0) is 70.8 Å². The molecule has 2 saturated heterocycles. The first-order chi connectivity index (χ1) is 19.4. The fraction of sp³-hybridized carbons (Fsp3) is 0.735. The summed E-state index contributed by atoms with van der Waals surface area (Å²) in [5.41, 5.74) is 2.02. The van der Waals surface area contributed by atoms with E-state index in [4.69, 9.17) is 0 Å². The number of amides is 2. The third-order valence-corrected chi connectivity index (χ3v) is 9.05. The molecule has 3 unspecified atom stereocenters. The molecule has 2 amide bonds. The number of β-lactam (4-membered cyclic amide) rings is 1. The van der Waals surface area contributed by atoms with Crippen molar-refractivity contribution in [3.05, 3.63) is 35.9 Å². The number of carboxylic acids is 1. The van der Waals surface area contributed by atoms with E-state index in [1.807, 2.05) is 44.2 Å². The van der Waals surface area contributed by atoms with Crippen LogP contribution >= 0.6 is 11.8 Å². The van der Waals surface area contributed by atoms with Crippen molar-refractivity contribution in [2.75, 3.05) is 13.1 Å². The van der Waals surface area contributed by atoms with Crippen LogP contribution < -0.4 is 16.0 Å². The molecule has 244 valence electrons. The van der Waals surface area contributed by atoms with Crippen LogP contribution in [0.4, 0.5) is 0 Å².